The van der Waals surface area contributed by atoms with Crippen LogP contribution >= 0.6 is 0 Å². The average molecular weight is 238 g/mol. The second-order valence-electron chi connectivity index (χ2n) is 4.99. The zero-order valence-electron chi connectivity index (χ0n) is 10.0. The highest BCUT2D eigenvalue weighted by Gasteiger charge is 2.27. The smallest absolute Gasteiger partial charge is 0.175 e. The highest BCUT2D eigenvalue weighted by atomic mass is 32.2. The van der Waals surface area contributed by atoms with Crippen LogP contribution < -0.4 is 0 Å². The molecule has 1 aliphatic carbocycles. The molecular formula is C13H18O2S. The molecule has 1 aliphatic rings. The third kappa shape index (κ3) is 2.29. The van der Waals surface area contributed by atoms with Crippen LogP contribution in [0.4, 0.5) is 0 Å². The molecule has 1 fully saturated rings. The van der Waals surface area contributed by atoms with Crippen molar-refractivity contribution in [3.63, 3.8) is 0 Å². The first-order valence-electron chi connectivity index (χ1n) is 5.73. The number of hydrogen-bond donors (Lipinski definition) is 0. The highest BCUT2D eigenvalue weighted by molar-refractivity contribution is 7.90. The predicted molar refractivity (Wildman–Crippen MR) is 65.6 cm³/mol. The maximum Gasteiger partial charge on any atom is 0.175 e. The lowest BCUT2D eigenvalue weighted by Gasteiger charge is -2.13. The van der Waals surface area contributed by atoms with Gasteiger partial charge in [-0.15, -0.1) is 0 Å². The van der Waals surface area contributed by atoms with Crippen molar-refractivity contribution in [1.82, 2.24) is 0 Å². The van der Waals surface area contributed by atoms with Crippen molar-refractivity contribution in [2.75, 3.05) is 6.26 Å². The van der Waals surface area contributed by atoms with Crippen LogP contribution in [-0.2, 0) is 9.84 Å². The second kappa shape index (κ2) is 3.88. The van der Waals surface area contributed by atoms with E-state index in [1.54, 1.807) is 6.07 Å². The first kappa shape index (κ1) is 11.6. The molecule has 0 unspecified atom stereocenters. The number of hydrogen-bond acceptors (Lipinski definition) is 2. The number of rotatable bonds is 3. The molecule has 0 aliphatic heterocycles. The molecule has 0 bridgehead atoms. The van der Waals surface area contributed by atoms with Gasteiger partial charge in [0.1, 0.15) is 0 Å². The Hall–Kier alpha value is -0.830. The molecule has 0 radical (unpaired) electrons. The summed E-state index contributed by atoms with van der Waals surface area (Å²) in [6.45, 7) is 4.31. The molecule has 1 aromatic rings. The van der Waals surface area contributed by atoms with E-state index in [1.807, 2.05) is 12.1 Å². The Morgan fingerprint density at radius 3 is 2.31 bits per heavy atom. The predicted octanol–water partition coefficient (Wildman–Crippen LogP) is 3.09. The van der Waals surface area contributed by atoms with Gasteiger partial charge in [0.15, 0.2) is 9.84 Å². The number of benzene rings is 1. The molecule has 16 heavy (non-hydrogen) atoms. The summed E-state index contributed by atoms with van der Waals surface area (Å²) in [5.41, 5.74) is 2.55. The summed E-state index contributed by atoms with van der Waals surface area (Å²) in [6, 6.07) is 5.59. The van der Waals surface area contributed by atoms with E-state index in [-0.39, 0.29) is 0 Å². The molecule has 0 saturated heterocycles. The monoisotopic (exact) mass is 238 g/mol. The zero-order chi connectivity index (χ0) is 11.9. The fraction of sp³-hybridized carbons (Fsp3) is 0.538. The Balaban J connectivity index is 2.52. The molecule has 3 heteroatoms. The van der Waals surface area contributed by atoms with Gasteiger partial charge in [-0.1, -0.05) is 19.9 Å². The van der Waals surface area contributed by atoms with Gasteiger partial charge in [0.25, 0.3) is 0 Å². The van der Waals surface area contributed by atoms with Crippen molar-refractivity contribution < 1.29 is 8.42 Å². The molecule has 1 aromatic carbocycles. The van der Waals surface area contributed by atoms with Crippen LogP contribution in [0.15, 0.2) is 23.1 Å². The summed E-state index contributed by atoms with van der Waals surface area (Å²) in [6.07, 6.45) is 3.67. The van der Waals surface area contributed by atoms with Crippen LogP contribution in [0.3, 0.4) is 0 Å². The van der Waals surface area contributed by atoms with Gasteiger partial charge in [0.05, 0.1) is 4.90 Å². The molecule has 0 spiro atoms. The maximum absolute atomic E-state index is 11.5. The lowest BCUT2D eigenvalue weighted by atomic mass is 9.94. The molecule has 1 saturated carbocycles. The molecule has 0 heterocycles. The highest BCUT2D eigenvalue weighted by Crippen LogP contribution is 2.43. The molecule has 0 atom stereocenters. The summed E-state index contributed by atoms with van der Waals surface area (Å²) >= 11 is 0. The Morgan fingerprint density at radius 1 is 1.25 bits per heavy atom. The third-order valence-corrected chi connectivity index (χ3v) is 4.24. The van der Waals surface area contributed by atoms with Crippen LogP contribution in [0.25, 0.3) is 0 Å². The van der Waals surface area contributed by atoms with E-state index in [0.29, 0.717) is 16.7 Å². The largest absolute Gasteiger partial charge is 0.224 e. The normalized spacial score (nSPS) is 16.8. The van der Waals surface area contributed by atoms with E-state index in [2.05, 4.69) is 13.8 Å². The summed E-state index contributed by atoms with van der Waals surface area (Å²) in [4.78, 5) is 0.457. The van der Waals surface area contributed by atoms with Gasteiger partial charge in [-0.3, -0.25) is 0 Å². The molecule has 0 N–H and O–H groups in total. The van der Waals surface area contributed by atoms with Gasteiger partial charge in [0, 0.05) is 6.26 Å². The van der Waals surface area contributed by atoms with Crippen LogP contribution in [0.5, 0.6) is 0 Å². The minimum absolute atomic E-state index is 0.457. The van der Waals surface area contributed by atoms with Crippen molar-refractivity contribution in [3.05, 3.63) is 29.3 Å². The fourth-order valence-corrected chi connectivity index (χ4v) is 2.71. The van der Waals surface area contributed by atoms with E-state index < -0.39 is 9.84 Å². The SMILES string of the molecule is CC(C)c1ccc(S(C)(=O)=O)cc1C1CC1. The van der Waals surface area contributed by atoms with Gasteiger partial charge < -0.3 is 0 Å². The molecule has 88 valence electrons. The summed E-state index contributed by atoms with van der Waals surface area (Å²) in [5.74, 6) is 1.06. The molecule has 0 amide bonds. The van der Waals surface area contributed by atoms with Gasteiger partial charge in [-0.25, -0.2) is 8.42 Å². The van der Waals surface area contributed by atoms with E-state index in [1.165, 1.54) is 30.2 Å². The maximum atomic E-state index is 11.5. The van der Waals surface area contributed by atoms with Crippen LogP contribution in [0, 0.1) is 0 Å². The molecular weight excluding hydrogens is 220 g/mol. The minimum atomic E-state index is -3.07. The molecule has 0 aromatic heterocycles. The van der Waals surface area contributed by atoms with Gasteiger partial charge in [-0.2, -0.15) is 0 Å². The summed E-state index contributed by atoms with van der Waals surface area (Å²) in [7, 11) is -3.07. The van der Waals surface area contributed by atoms with Crippen LogP contribution in [-0.4, -0.2) is 14.7 Å². The Morgan fingerprint density at radius 2 is 1.88 bits per heavy atom. The van der Waals surface area contributed by atoms with Gasteiger partial charge in [-0.05, 0) is 47.9 Å². The van der Waals surface area contributed by atoms with Crippen molar-refractivity contribution >= 4 is 9.84 Å². The fourth-order valence-electron chi connectivity index (χ4n) is 2.06. The summed E-state index contributed by atoms with van der Waals surface area (Å²) in [5, 5.41) is 0. The van der Waals surface area contributed by atoms with Crippen molar-refractivity contribution in [3.8, 4) is 0 Å². The van der Waals surface area contributed by atoms with Crippen molar-refractivity contribution in [2.24, 2.45) is 0 Å². The molecule has 2 rings (SSSR count). The minimum Gasteiger partial charge on any atom is -0.224 e. The van der Waals surface area contributed by atoms with E-state index >= 15 is 0 Å². The number of sulfone groups is 1. The average Bonchev–Trinajstić information content (AvgIpc) is 2.98. The standard InChI is InChI=1S/C13H18O2S/c1-9(2)12-7-6-11(16(3,14)15)8-13(12)10-4-5-10/h6-10H,4-5H2,1-3H3. The van der Waals surface area contributed by atoms with Crippen molar-refractivity contribution in [2.45, 2.75) is 43.4 Å². The van der Waals surface area contributed by atoms with Crippen molar-refractivity contribution in [1.29, 1.82) is 0 Å². The first-order chi connectivity index (χ1) is 7.39. The Kier molecular flexibility index (Phi) is 2.82. The quantitative estimate of drug-likeness (QED) is 0.811. The molecule has 2 nitrogen and oxygen atoms in total. The van der Waals surface area contributed by atoms with Crippen LogP contribution in [0.2, 0.25) is 0 Å². The third-order valence-electron chi connectivity index (χ3n) is 3.13. The van der Waals surface area contributed by atoms with E-state index in [0.717, 1.165) is 0 Å². The Bertz CT molecular complexity index is 497. The zero-order valence-corrected chi connectivity index (χ0v) is 10.8. The van der Waals surface area contributed by atoms with Gasteiger partial charge in [0.2, 0.25) is 0 Å². The van der Waals surface area contributed by atoms with Crippen LogP contribution in [0.1, 0.15) is 49.7 Å². The van der Waals surface area contributed by atoms with Gasteiger partial charge >= 0.3 is 0 Å². The summed E-state index contributed by atoms with van der Waals surface area (Å²) < 4.78 is 23.0. The Labute approximate surface area is 97.6 Å². The van der Waals surface area contributed by atoms with E-state index in [4.69, 9.17) is 0 Å². The van der Waals surface area contributed by atoms with E-state index in [9.17, 15) is 8.42 Å². The second-order valence-corrected chi connectivity index (χ2v) is 7.01. The first-order valence-corrected chi connectivity index (χ1v) is 7.62. The lowest BCUT2D eigenvalue weighted by molar-refractivity contribution is 0.601. The lowest BCUT2D eigenvalue weighted by Crippen LogP contribution is -2.01. The topological polar surface area (TPSA) is 34.1 Å².